The number of halogens is 1. The second kappa shape index (κ2) is 5.47. The predicted octanol–water partition coefficient (Wildman–Crippen LogP) is 3.78. The maximum absolute atomic E-state index is 4.64. The maximum Gasteiger partial charge on any atom is 0.131 e. The summed E-state index contributed by atoms with van der Waals surface area (Å²) >= 11 is 3.65. The normalized spacial score (nSPS) is 27.4. The summed E-state index contributed by atoms with van der Waals surface area (Å²) in [6, 6.07) is 0.759. The molecule has 1 saturated carbocycles. The van der Waals surface area contributed by atoms with E-state index in [1.165, 1.54) is 62.1 Å². The molecule has 1 aromatic heterocycles. The number of nitrogens with zero attached hydrogens (tertiary/aromatic N) is 3. The number of hydrogen-bond donors (Lipinski definition) is 0. The first-order valence-corrected chi connectivity index (χ1v) is 8.69. The van der Waals surface area contributed by atoms with E-state index in [0.717, 1.165) is 17.3 Å². The molecule has 19 heavy (non-hydrogen) atoms. The van der Waals surface area contributed by atoms with Gasteiger partial charge in [-0.3, -0.25) is 4.68 Å². The molecule has 4 heteroatoms. The van der Waals surface area contributed by atoms with E-state index in [0.29, 0.717) is 0 Å². The highest BCUT2D eigenvalue weighted by Crippen LogP contribution is 2.39. The molecule has 1 aliphatic heterocycles. The molecule has 2 atom stereocenters. The van der Waals surface area contributed by atoms with Gasteiger partial charge in [0.1, 0.15) is 5.82 Å². The van der Waals surface area contributed by atoms with Crippen LogP contribution in [0.2, 0.25) is 0 Å². The first-order valence-electron chi connectivity index (χ1n) is 7.57. The average Bonchev–Trinajstić information content (AvgIpc) is 2.72. The van der Waals surface area contributed by atoms with Crippen molar-refractivity contribution < 1.29 is 0 Å². The number of aryl methyl sites for hydroxylation is 2. The van der Waals surface area contributed by atoms with Crippen LogP contribution in [-0.4, -0.2) is 22.4 Å². The molecule has 0 radical (unpaired) electrons. The van der Waals surface area contributed by atoms with E-state index in [9.17, 15) is 0 Å². The molecule has 0 amide bonds. The Bertz CT molecular complexity index is 452. The molecular formula is C15H24BrN3. The third-order valence-electron chi connectivity index (χ3n) is 4.96. The zero-order valence-corrected chi connectivity index (χ0v) is 13.6. The predicted molar refractivity (Wildman–Crippen MR) is 82.9 cm³/mol. The number of hydrogen-bond acceptors (Lipinski definition) is 2. The molecule has 1 aromatic rings. The summed E-state index contributed by atoms with van der Waals surface area (Å²) < 4.78 is 2.10. The lowest BCUT2D eigenvalue weighted by atomic mass is 9.78. The lowest BCUT2D eigenvalue weighted by Crippen LogP contribution is -2.48. The molecule has 106 valence electrons. The van der Waals surface area contributed by atoms with Gasteiger partial charge in [-0.1, -0.05) is 28.8 Å². The van der Waals surface area contributed by atoms with Crippen LogP contribution in [0.25, 0.3) is 0 Å². The Morgan fingerprint density at radius 1 is 1.21 bits per heavy atom. The second-order valence-corrected chi connectivity index (χ2v) is 6.65. The Labute approximate surface area is 124 Å². The average molecular weight is 326 g/mol. The molecule has 2 fully saturated rings. The minimum Gasteiger partial charge on any atom is -0.353 e. The van der Waals surface area contributed by atoms with E-state index in [1.807, 2.05) is 0 Å². The highest BCUT2D eigenvalue weighted by Gasteiger charge is 2.35. The van der Waals surface area contributed by atoms with Crippen molar-refractivity contribution in [3.63, 3.8) is 0 Å². The fraction of sp³-hybridized carbons (Fsp3) is 0.800. The van der Waals surface area contributed by atoms with E-state index < -0.39 is 0 Å². The van der Waals surface area contributed by atoms with Crippen LogP contribution < -0.4 is 4.90 Å². The van der Waals surface area contributed by atoms with Crippen LogP contribution >= 0.6 is 15.9 Å². The summed E-state index contributed by atoms with van der Waals surface area (Å²) in [6.07, 6.45) is 8.41. The third-order valence-corrected chi connectivity index (χ3v) is 5.52. The van der Waals surface area contributed by atoms with Gasteiger partial charge in [0.2, 0.25) is 0 Å². The van der Waals surface area contributed by atoms with Gasteiger partial charge in [-0.2, -0.15) is 5.10 Å². The van der Waals surface area contributed by atoms with Crippen molar-refractivity contribution in [2.45, 2.75) is 56.8 Å². The van der Waals surface area contributed by atoms with E-state index in [-0.39, 0.29) is 0 Å². The number of fused-ring (bicyclic) bond motifs is 1. The van der Waals surface area contributed by atoms with Gasteiger partial charge in [0.25, 0.3) is 0 Å². The Kier molecular flexibility index (Phi) is 3.88. The number of rotatable bonds is 2. The highest BCUT2D eigenvalue weighted by atomic mass is 79.9. The minimum absolute atomic E-state index is 0.759. The first kappa shape index (κ1) is 13.5. The molecule has 0 N–H and O–H groups in total. The van der Waals surface area contributed by atoms with Crippen molar-refractivity contribution >= 4 is 21.7 Å². The largest absolute Gasteiger partial charge is 0.353 e. The summed E-state index contributed by atoms with van der Waals surface area (Å²) in [6.45, 7) is 3.34. The second-order valence-electron chi connectivity index (χ2n) is 6.09. The van der Waals surface area contributed by atoms with E-state index in [4.69, 9.17) is 0 Å². The molecule has 1 saturated heterocycles. The number of aromatic nitrogens is 2. The van der Waals surface area contributed by atoms with Crippen LogP contribution in [0, 0.1) is 12.8 Å². The molecule has 3 rings (SSSR count). The minimum atomic E-state index is 0.759. The van der Waals surface area contributed by atoms with Gasteiger partial charge in [-0.15, -0.1) is 0 Å². The lowest BCUT2D eigenvalue weighted by molar-refractivity contribution is 0.241. The zero-order valence-electron chi connectivity index (χ0n) is 12.0. The summed E-state index contributed by atoms with van der Waals surface area (Å²) in [5, 5.41) is 5.55. The highest BCUT2D eigenvalue weighted by molar-refractivity contribution is 9.08. The van der Waals surface area contributed by atoms with Gasteiger partial charge in [0.05, 0.1) is 5.69 Å². The van der Waals surface area contributed by atoms with E-state index in [2.05, 4.69) is 44.6 Å². The summed E-state index contributed by atoms with van der Waals surface area (Å²) in [7, 11) is 2.10. The van der Waals surface area contributed by atoms with E-state index in [1.54, 1.807) is 0 Å². The van der Waals surface area contributed by atoms with Crippen LogP contribution in [0.5, 0.6) is 0 Å². The van der Waals surface area contributed by atoms with Crippen molar-refractivity contribution in [3.05, 3.63) is 11.3 Å². The molecule has 0 aromatic carbocycles. The standard InChI is InChI=1S/C15H24BrN3/c1-11-13(10-16)15(18(2)17-11)19-9-5-7-12-6-3-4-8-14(12)19/h12,14H,3-10H2,1-2H3. The van der Waals surface area contributed by atoms with Crippen LogP contribution in [0.3, 0.4) is 0 Å². The van der Waals surface area contributed by atoms with Crippen molar-refractivity contribution in [2.24, 2.45) is 13.0 Å². The van der Waals surface area contributed by atoms with E-state index >= 15 is 0 Å². The molecule has 2 aliphatic rings. The smallest absolute Gasteiger partial charge is 0.131 e. The summed E-state index contributed by atoms with van der Waals surface area (Å²) in [5.41, 5.74) is 2.56. The summed E-state index contributed by atoms with van der Waals surface area (Å²) in [4.78, 5) is 2.67. The van der Waals surface area contributed by atoms with Gasteiger partial charge in [-0.05, 0) is 38.5 Å². The summed E-state index contributed by atoms with van der Waals surface area (Å²) in [5.74, 6) is 2.28. The molecule has 3 nitrogen and oxygen atoms in total. The number of piperidine rings is 1. The monoisotopic (exact) mass is 325 g/mol. The molecule has 0 bridgehead atoms. The molecule has 1 aliphatic carbocycles. The van der Waals surface area contributed by atoms with Gasteiger partial charge < -0.3 is 4.90 Å². The first-order chi connectivity index (χ1) is 9.22. The van der Waals surface area contributed by atoms with Gasteiger partial charge in [0, 0.05) is 30.5 Å². The maximum atomic E-state index is 4.64. The van der Waals surface area contributed by atoms with Crippen LogP contribution in [0.4, 0.5) is 5.82 Å². The lowest BCUT2D eigenvalue weighted by Gasteiger charge is -2.45. The van der Waals surface area contributed by atoms with Gasteiger partial charge >= 0.3 is 0 Å². The fourth-order valence-electron chi connectivity index (χ4n) is 4.09. The third kappa shape index (κ3) is 2.32. The Hall–Kier alpha value is -0.510. The Balaban J connectivity index is 1.96. The zero-order chi connectivity index (χ0) is 13.4. The van der Waals surface area contributed by atoms with Crippen LogP contribution in [-0.2, 0) is 12.4 Å². The van der Waals surface area contributed by atoms with Crippen molar-refractivity contribution in [1.82, 2.24) is 9.78 Å². The van der Waals surface area contributed by atoms with Crippen molar-refractivity contribution in [2.75, 3.05) is 11.4 Å². The molecule has 2 unspecified atom stereocenters. The fourth-order valence-corrected chi connectivity index (χ4v) is 4.75. The SMILES string of the molecule is Cc1nn(C)c(N2CCCC3CCCCC32)c1CBr. The van der Waals surface area contributed by atoms with Gasteiger partial charge in [-0.25, -0.2) is 0 Å². The Morgan fingerprint density at radius 2 is 1.95 bits per heavy atom. The molecule has 2 heterocycles. The Morgan fingerprint density at radius 3 is 2.74 bits per heavy atom. The van der Waals surface area contributed by atoms with Gasteiger partial charge in [0.15, 0.2) is 0 Å². The molecular weight excluding hydrogens is 302 g/mol. The van der Waals surface area contributed by atoms with Crippen molar-refractivity contribution in [3.8, 4) is 0 Å². The van der Waals surface area contributed by atoms with Crippen LogP contribution in [0.1, 0.15) is 49.8 Å². The number of anilines is 1. The van der Waals surface area contributed by atoms with Crippen LogP contribution in [0.15, 0.2) is 0 Å². The quantitative estimate of drug-likeness (QED) is 0.771. The van der Waals surface area contributed by atoms with Crippen molar-refractivity contribution in [1.29, 1.82) is 0 Å². The topological polar surface area (TPSA) is 21.1 Å². The molecule has 0 spiro atoms. The number of alkyl halides is 1.